The number of aliphatic carboxylic acids is 1. The molecule has 1 saturated heterocycles. The summed E-state index contributed by atoms with van der Waals surface area (Å²) in [6.07, 6.45) is 10.2. The molecule has 3 heterocycles. The summed E-state index contributed by atoms with van der Waals surface area (Å²) in [5.41, 5.74) is 2.43. The first-order valence-corrected chi connectivity index (χ1v) is 13.5. The lowest BCUT2D eigenvalue weighted by Crippen LogP contribution is -2.49. The number of rotatable bonds is 14. The smallest absolute Gasteiger partial charge is 0.326 e. The van der Waals surface area contributed by atoms with E-state index in [9.17, 15) is 19.5 Å². The zero-order valence-corrected chi connectivity index (χ0v) is 21.6. The summed E-state index contributed by atoms with van der Waals surface area (Å²) in [5.74, 6) is -0.611. The summed E-state index contributed by atoms with van der Waals surface area (Å²) >= 11 is 0. The molecule has 2 atom stereocenters. The van der Waals surface area contributed by atoms with Crippen LogP contribution in [0.15, 0.2) is 12.1 Å². The Bertz CT molecular complexity index is 878. The molecule has 0 radical (unpaired) electrons. The SMILES string of the molecule is COCCC(=O)N1CCC[C@@H](C(=O)N[C@@H](CCCCCCCc2ccc3c(n2)NCCC3)C(=O)O)C1. The van der Waals surface area contributed by atoms with Crippen molar-refractivity contribution in [1.29, 1.82) is 0 Å². The second-order valence-electron chi connectivity index (χ2n) is 9.97. The molecule has 2 aliphatic heterocycles. The van der Waals surface area contributed by atoms with Gasteiger partial charge in [0.05, 0.1) is 18.9 Å². The van der Waals surface area contributed by atoms with Crippen LogP contribution in [0.1, 0.15) is 75.5 Å². The van der Waals surface area contributed by atoms with E-state index in [2.05, 4.69) is 22.8 Å². The van der Waals surface area contributed by atoms with Gasteiger partial charge < -0.3 is 25.4 Å². The van der Waals surface area contributed by atoms with Gasteiger partial charge in [-0.25, -0.2) is 9.78 Å². The molecule has 1 aromatic rings. The summed E-state index contributed by atoms with van der Waals surface area (Å²) < 4.78 is 4.97. The lowest BCUT2D eigenvalue weighted by Gasteiger charge is -2.32. The fourth-order valence-corrected chi connectivity index (χ4v) is 5.01. The number of carbonyl (C=O) groups is 3. The minimum Gasteiger partial charge on any atom is -0.480 e. The van der Waals surface area contributed by atoms with Crippen molar-refractivity contribution in [2.75, 3.05) is 38.7 Å². The molecule has 0 aromatic carbocycles. The molecule has 0 bridgehead atoms. The molecule has 0 aliphatic carbocycles. The number of carboxylic acid groups (broad SMARTS) is 1. The van der Waals surface area contributed by atoms with E-state index >= 15 is 0 Å². The minimum atomic E-state index is -1.00. The summed E-state index contributed by atoms with van der Waals surface area (Å²) in [6, 6.07) is 3.44. The third-order valence-electron chi connectivity index (χ3n) is 7.16. The summed E-state index contributed by atoms with van der Waals surface area (Å²) in [7, 11) is 1.55. The number of unbranched alkanes of at least 4 members (excludes halogenated alkanes) is 4. The number of nitrogens with one attached hydrogen (secondary N) is 2. The number of anilines is 1. The van der Waals surface area contributed by atoms with Gasteiger partial charge in [0.15, 0.2) is 0 Å². The largest absolute Gasteiger partial charge is 0.480 e. The highest BCUT2D eigenvalue weighted by Crippen LogP contribution is 2.21. The number of carboxylic acids is 1. The molecule has 2 amide bonds. The first-order valence-electron chi connectivity index (χ1n) is 13.5. The Balaban J connectivity index is 1.32. The molecule has 0 spiro atoms. The number of ether oxygens (including phenoxy) is 1. The monoisotopic (exact) mass is 502 g/mol. The summed E-state index contributed by atoms with van der Waals surface area (Å²) in [6.45, 7) is 2.33. The molecule has 0 unspecified atom stereocenters. The Morgan fingerprint density at radius 3 is 2.81 bits per heavy atom. The minimum absolute atomic E-state index is 0.0248. The van der Waals surface area contributed by atoms with Gasteiger partial charge in [0.1, 0.15) is 11.9 Å². The first kappa shape index (κ1) is 27.9. The van der Waals surface area contributed by atoms with Crippen LogP contribution < -0.4 is 10.6 Å². The molecule has 9 heteroatoms. The summed E-state index contributed by atoms with van der Waals surface area (Å²) in [4.78, 5) is 43.2. The van der Waals surface area contributed by atoms with Crippen molar-refractivity contribution in [3.05, 3.63) is 23.4 Å². The molecule has 3 N–H and O–H groups in total. The van der Waals surface area contributed by atoms with Gasteiger partial charge in [-0.15, -0.1) is 0 Å². The predicted molar refractivity (Wildman–Crippen MR) is 138 cm³/mol. The van der Waals surface area contributed by atoms with Gasteiger partial charge in [-0.1, -0.05) is 31.7 Å². The predicted octanol–water partition coefficient (Wildman–Crippen LogP) is 3.17. The molecule has 1 aromatic heterocycles. The fourth-order valence-electron chi connectivity index (χ4n) is 5.01. The zero-order valence-electron chi connectivity index (χ0n) is 21.6. The van der Waals surface area contributed by atoms with E-state index in [-0.39, 0.29) is 17.7 Å². The van der Waals surface area contributed by atoms with Crippen LogP contribution in [0.3, 0.4) is 0 Å². The van der Waals surface area contributed by atoms with Crippen molar-refractivity contribution in [2.24, 2.45) is 5.92 Å². The van der Waals surface area contributed by atoms with E-state index < -0.39 is 12.0 Å². The van der Waals surface area contributed by atoms with Crippen LogP contribution in [0, 0.1) is 5.92 Å². The van der Waals surface area contributed by atoms with E-state index in [1.54, 1.807) is 12.0 Å². The Morgan fingerprint density at radius 1 is 1.19 bits per heavy atom. The third-order valence-corrected chi connectivity index (χ3v) is 7.16. The van der Waals surface area contributed by atoms with Crippen LogP contribution in [0.4, 0.5) is 5.82 Å². The van der Waals surface area contributed by atoms with Crippen molar-refractivity contribution >= 4 is 23.6 Å². The fraction of sp³-hybridized carbons (Fsp3) is 0.704. The average molecular weight is 503 g/mol. The number of nitrogens with zero attached hydrogens (tertiary/aromatic N) is 2. The topological polar surface area (TPSA) is 121 Å². The second-order valence-corrected chi connectivity index (χ2v) is 9.97. The number of likely N-dealkylation sites (tertiary alicyclic amines) is 1. The lowest BCUT2D eigenvalue weighted by atomic mass is 9.96. The molecule has 36 heavy (non-hydrogen) atoms. The Kier molecular flexibility index (Phi) is 11.5. The van der Waals surface area contributed by atoms with Crippen LogP contribution in [0.5, 0.6) is 0 Å². The van der Waals surface area contributed by atoms with Crippen molar-refractivity contribution in [1.82, 2.24) is 15.2 Å². The highest BCUT2D eigenvalue weighted by Gasteiger charge is 2.30. The van der Waals surface area contributed by atoms with Crippen LogP contribution in [0.2, 0.25) is 0 Å². The second kappa shape index (κ2) is 14.8. The first-order chi connectivity index (χ1) is 17.5. The lowest BCUT2D eigenvalue weighted by molar-refractivity contribution is -0.144. The maximum Gasteiger partial charge on any atom is 0.326 e. The van der Waals surface area contributed by atoms with Gasteiger partial charge in [-0.05, 0) is 56.6 Å². The quantitative estimate of drug-likeness (QED) is 0.334. The number of fused-ring (bicyclic) bond motifs is 1. The van der Waals surface area contributed by atoms with E-state index in [0.717, 1.165) is 75.8 Å². The van der Waals surface area contributed by atoms with E-state index in [0.29, 0.717) is 39.0 Å². The van der Waals surface area contributed by atoms with Crippen LogP contribution in [0.25, 0.3) is 0 Å². The number of methoxy groups -OCH3 is 1. The van der Waals surface area contributed by atoms with Crippen LogP contribution in [-0.4, -0.2) is 72.2 Å². The highest BCUT2D eigenvalue weighted by atomic mass is 16.5. The van der Waals surface area contributed by atoms with Crippen LogP contribution >= 0.6 is 0 Å². The van der Waals surface area contributed by atoms with Gasteiger partial charge in [0.2, 0.25) is 11.8 Å². The molecule has 200 valence electrons. The number of piperidine rings is 1. The van der Waals surface area contributed by atoms with Crippen molar-refractivity contribution in [2.45, 2.75) is 83.1 Å². The van der Waals surface area contributed by atoms with Gasteiger partial charge >= 0.3 is 5.97 Å². The van der Waals surface area contributed by atoms with Gasteiger partial charge in [0.25, 0.3) is 0 Å². The maximum absolute atomic E-state index is 12.7. The normalized spacial score (nSPS) is 18.1. The Labute approximate surface area is 214 Å². The van der Waals surface area contributed by atoms with E-state index in [4.69, 9.17) is 9.72 Å². The van der Waals surface area contributed by atoms with Crippen LogP contribution in [-0.2, 0) is 32.0 Å². The standard InChI is InChI=1S/C27H42N4O5/c1-36-18-15-24(32)31-17-8-10-21(19-31)26(33)30-23(27(34)35)12-6-4-2-3-5-11-22-14-13-20-9-7-16-28-25(20)29-22/h13-14,21,23H,2-12,15-19H2,1H3,(H,28,29)(H,30,33)(H,34,35)/t21-,23+/m1/s1. The number of carbonyl (C=O) groups excluding carboxylic acids is 2. The number of hydrogen-bond donors (Lipinski definition) is 3. The highest BCUT2D eigenvalue weighted by molar-refractivity contribution is 5.86. The molecule has 2 aliphatic rings. The molecular formula is C27H42N4O5. The number of amides is 2. The number of hydrogen-bond acceptors (Lipinski definition) is 6. The number of aryl methyl sites for hydroxylation is 2. The number of pyridine rings is 1. The molecule has 9 nitrogen and oxygen atoms in total. The van der Waals surface area contributed by atoms with E-state index in [1.807, 2.05) is 0 Å². The number of aromatic nitrogens is 1. The van der Waals surface area contributed by atoms with Crippen molar-refractivity contribution in [3.63, 3.8) is 0 Å². The summed E-state index contributed by atoms with van der Waals surface area (Å²) in [5, 5.41) is 15.7. The Hall–Kier alpha value is -2.68. The van der Waals surface area contributed by atoms with Crippen molar-refractivity contribution < 1.29 is 24.2 Å². The average Bonchev–Trinajstić information content (AvgIpc) is 2.90. The van der Waals surface area contributed by atoms with Crippen molar-refractivity contribution in [3.8, 4) is 0 Å². The van der Waals surface area contributed by atoms with Gasteiger partial charge in [-0.2, -0.15) is 0 Å². The Morgan fingerprint density at radius 2 is 2.00 bits per heavy atom. The van der Waals surface area contributed by atoms with Gasteiger partial charge in [-0.3, -0.25) is 9.59 Å². The van der Waals surface area contributed by atoms with E-state index in [1.165, 1.54) is 5.56 Å². The van der Waals surface area contributed by atoms with Gasteiger partial charge in [0, 0.05) is 32.4 Å². The zero-order chi connectivity index (χ0) is 25.8. The maximum atomic E-state index is 12.7. The third kappa shape index (κ3) is 8.76. The molecule has 0 saturated carbocycles. The molecule has 1 fully saturated rings. The molecular weight excluding hydrogens is 460 g/mol. The molecule has 3 rings (SSSR count).